The summed E-state index contributed by atoms with van der Waals surface area (Å²) in [6.07, 6.45) is 1.28. The number of aryl methyl sites for hydroxylation is 1. The molecule has 0 saturated carbocycles. The van der Waals surface area contributed by atoms with Gasteiger partial charge in [0.2, 0.25) is 0 Å². The molecule has 0 aliphatic carbocycles. The molecule has 106 valence electrons. The average Bonchev–Trinajstić information content (AvgIpc) is 2.42. The SMILES string of the molecule is Cc1cccc(CC(Cc2ccc(F)c(F)c2)NN)c1. The number of benzene rings is 2. The molecule has 0 aromatic heterocycles. The van der Waals surface area contributed by atoms with Crippen molar-refractivity contribution in [2.45, 2.75) is 25.8 Å². The highest BCUT2D eigenvalue weighted by molar-refractivity contribution is 5.24. The van der Waals surface area contributed by atoms with Gasteiger partial charge in [-0.15, -0.1) is 0 Å². The first-order valence-corrected chi connectivity index (χ1v) is 6.54. The zero-order valence-corrected chi connectivity index (χ0v) is 11.4. The van der Waals surface area contributed by atoms with Crippen molar-refractivity contribution >= 4 is 0 Å². The minimum atomic E-state index is -0.829. The molecular weight excluding hydrogens is 258 g/mol. The van der Waals surface area contributed by atoms with Gasteiger partial charge in [0.25, 0.3) is 0 Å². The fourth-order valence-corrected chi connectivity index (χ4v) is 2.26. The molecule has 2 aromatic rings. The maximum absolute atomic E-state index is 13.2. The lowest BCUT2D eigenvalue weighted by Gasteiger charge is -2.16. The van der Waals surface area contributed by atoms with E-state index in [-0.39, 0.29) is 6.04 Å². The van der Waals surface area contributed by atoms with Crippen LogP contribution in [0.15, 0.2) is 42.5 Å². The Morgan fingerprint density at radius 2 is 1.70 bits per heavy atom. The summed E-state index contributed by atoms with van der Waals surface area (Å²) < 4.78 is 26.1. The fraction of sp³-hybridized carbons (Fsp3) is 0.250. The molecule has 2 aromatic carbocycles. The van der Waals surface area contributed by atoms with Gasteiger partial charge in [-0.1, -0.05) is 35.9 Å². The van der Waals surface area contributed by atoms with Gasteiger partial charge >= 0.3 is 0 Å². The van der Waals surface area contributed by atoms with Gasteiger partial charge < -0.3 is 0 Å². The number of halogens is 2. The van der Waals surface area contributed by atoms with Crippen LogP contribution in [-0.4, -0.2) is 6.04 Å². The standard InChI is InChI=1S/C16H18F2N2/c1-11-3-2-4-12(7-11)8-14(20-19)9-13-5-6-15(17)16(18)10-13/h2-7,10,14,20H,8-9,19H2,1H3. The predicted octanol–water partition coefficient (Wildman–Crippen LogP) is 2.89. The zero-order valence-electron chi connectivity index (χ0n) is 11.4. The molecule has 2 nitrogen and oxygen atoms in total. The van der Waals surface area contributed by atoms with E-state index in [1.165, 1.54) is 11.6 Å². The van der Waals surface area contributed by atoms with Gasteiger partial charge in [0.1, 0.15) is 0 Å². The molecular formula is C16H18F2N2. The van der Waals surface area contributed by atoms with Crippen molar-refractivity contribution in [2.75, 3.05) is 0 Å². The quantitative estimate of drug-likeness (QED) is 0.651. The van der Waals surface area contributed by atoms with Crippen LogP contribution in [0.4, 0.5) is 8.78 Å². The van der Waals surface area contributed by atoms with Crippen molar-refractivity contribution in [1.82, 2.24) is 5.43 Å². The normalized spacial score (nSPS) is 12.4. The first-order valence-electron chi connectivity index (χ1n) is 6.54. The molecule has 0 aliphatic rings. The van der Waals surface area contributed by atoms with Gasteiger partial charge in [0.15, 0.2) is 11.6 Å². The number of hydrogen-bond donors (Lipinski definition) is 2. The number of rotatable bonds is 5. The van der Waals surface area contributed by atoms with Crippen LogP contribution in [0, 0.1) is 18.6 Å². The Bertz CT molecular complexity index is 584. The molecule has 0 fully saturated rings. The van der Waals surface area contributed by atoms with Crippen LogP contribution in [-0.2, 0) is 12.8 Å². The summed E-state index contributed by atoms with van der Waals surface area (Å²) >= 11 is 0. The maximum Gasteiger partial charge on any atom is 0.159 e. The highest BCUT2D eigenvalue weighted by Crippen LogP contribution is 2.13. The van der Waals surface area contributed by atoms with Gasteiger partial charge in [-0.3, -0.25) is 11.3 Å². The third-order valence-corrected chi connectivity index (χ3v) is 3.27. The van der Waals surface area contributed by atoms with Gasteiger partial charge in [0.05, 0.1) is 0 Å². The Balaban J connectivity index is 2.07. The van der Waals surface area contributed by atoms with Crippen molar-refractivity contribution in [3.05, 3.63) is 70.8 Å². The fourth-order valence-electron chi connectivity index (χ4n) is 2.26. The second kappa shape index (κ2) is 6.59. The van der Waals surface area contributed by atoms with E-state index in [2.05, 4.69) is 11.5 Å². The Morgan fingerprint density at radius 1 is 1.00 bits per heavy atom. The molecule has 1 atom stereocenters. The van der Waals surface area contributed by atoms with Crippen molar-refractivity contribution in [3.63, 3.8) is 0 Å². The Labute approximate surface area is 117 Å². The highest BCUT2D eigenvalue weighted by Gasteiger charge is 2.11. The highest BCUT2D eigenvalue weighted by atomic mass is 19.2. The summed E-state index contributed by atoms with van der Waals surface area (Å²) in [6.45, 7) is 2.03. The lowest BCUT2D eigenvalue weighted by molar-refractivity contribution is 0.498. The first-order chi connectivity index (χ1) is 9.58. The molecule has 0 amide bonds. The molecule has 1 unspecified atom stereocenters. The van der Waals surface area contributed by atoms with E-state index in [0.29, 0.717) is 6.42 Å². The summed E-state index contributed by atoms with van der Waals surface area (Å²) in [4.78, 5) is 0. The molecule has 3 N–H and O–H groups in total. The van der Waals surface area contributed by atoms with Crippen LogP contribution in [0.2, 0.25) is 0 Å². The van der Waals surface area contributed by atoms with E-state index in [0.717, 1.165) is 23.6 Å². The van der Waals surface area contributed by atoms with E-state index in [1.54, 1.807) is 6.07 Å². The molecule has 0 aliphatic heterocycles. The van der Waals surface area contributed by atoms with Crippen LogP contribution in [0.1, 0.15) is 16.7 Å². The van der Waals surface area contributed by atoms with Gasteiger partial charge in [0, 0.05) is 6.04 Å². The van der Waals surface area contributed by atoms with E-state index >= 15 is 0 Å². The van der Waals surface area contributed by atoms with Gasteiger partial charge in [-0.2, -0.15) is 0 Å². The van der Waals surface area contributed by atoms with Crippen LogP contribution < -0.4 is 11.3 Å². The summed E-state index contributed by atoms with van der Waals surface area (Å²) in [7, 11) is 0. The molecule has 4 heteroatoms. The summed E-state index contributed by atoms with van der Waals surface area (Å²) in [5.74, 6) is 3.90. The minimum Gasteiger partial charge on any atom is -0.271 e. The smallest absolute Gasteiger partial charge is 0.159 e. The van der Waals surface area contributed by atoms with Crippen molar-refractivity contribution in [2.24, 2.45) is 5.84 Å². The van der Waals surface area contributed by atoms with Gasteiger partial charge in [-0.05, 0) is 43.0 Å². The molecule has 0 radical (unpaired) electrons. The monoisotopic (exact) mass is 276 g/mol. The second-order valence-corrected chi connectivity index (χ2v) is 5.01. The van der Waals surface area contributed by atoms with E-state index in [4.69, 9.17) is 5.84 Å². The lowest BCUT2D eigenvalue weighted by Crippen LogP contribution is -2.38. The van der Waals surface area contributed by atoms with E-state index in [1.807, 2.05) is 25.1 Å². The Morgan fingerprint density at radius 3 is 2.30 bits per heavy atom. The Kier molecular flexibility index (Phi) is 4.82. The number of nitrogens with one attached hydrogen (secondary N) is 1. The maximum atomic E-state index is 13.2. The summed E-state index contributed by atoms with van der Waals surface area (Å²) in [6, 6.07) is 12.1. The largest absolute Gasteiger partial charge is 0.271 e. The van der Waals surface area contributed by atoms with E-state index in [9.17, 15) is 8.78 Å². The van der Waals surface area contributed by atoms with Crippen LogP contribution in [0.3, 0.4) is 0 Å². The molecule has 2 rings (SSSR count). The third-order valence-electron chi connectivity index (χ3n) is 3.27. The Hall–Kier alpha value is -1.78. The zero-order chi connectivity index (χ0) is 14.5. The van der Waals surface area contributed by atoms with Crippen LogP contribution in [0.25, 0.3) is 0 Å². The van der Waals surface area contributed by atoms with Crippen molar-refractivity contribution in [1.29, 1.82) is 0 Å². The van der Waals surface area contributed by atoms with Gasteiger partial charge in [-0.25, -0.2) is 8.78 Å². The first kappa shape index (κ1) is 14.6. The van der Waals surface area contributed by atoms with E-state index < -0.39 is 11.6 Å². The van der Waals surface area contributed by atoms with Crippen LogP contribution >= 0.6 is 0 Å². The van der Waals surface area contributed by atoms with Crippen LogP contribution in [0.5, 0.6) is 0 Å². The average molecular weight is 276 g/mol. The summed E-state index contributed by atoms with van der Waals surface area (Å²) in [5, 5.41) is 0. The molecule has 20 heavy (non-hydrogen) atoms. The predicted molar refractivity (Wildman–Crippen MR) is 76.1 cm³/mol. The van der Waals surface area contributed by atoms with Crippen molar-refractivity contribution < 1.29 is 8.78 Å². The minimum absolute atomic E-state index is 0.0262. The summed E-state index contributed by atoms with van der Waals surface area (Å²) in [5.41, 5.74) is 5.81. The number of hydrazine groups is 1. The molecule has 0 spiro atoms. The third kappa shape index (κ3) is 3.85. The molecule has 0 saturated heterocycles. The molecule has 0 heterocycles. The number of nitrogens with two attached hydrogens (primary N) is 1. The topological polar surface area (TPSA) is 38.0 Å². The molecule has 0 bridgehead atoms. The van der Waals surface area contributed by atoms with Crippen molar-refractivity contribution in [3.8, 4) is 0 Å². The lowest BCUT2D eigenvalue weighted by atomic mass is 9.98. The number of hydrogen-bond acceptors (Lipinski definition) is 2. The second-order valence-electron chi connectivity index (χ2n) is 5.01.